The van der Waals surface area contributed by atoms with Crippen LogP contribution in [0.5, 0.6) is 0 Å². The first-order valence-electron chi connectivity index (χ1n) is 9.56. The number of amides is 1. The lowest BCUT2D eigenvalue weighted by Gasteiger charge is -2.22. The number of nitrogens with one attached hydrogen (secondary N) is 1. The molecule has 0 atom stereocenters. The Morgan fingerprint density at radius 1 is 1.13 bits per heavy atom. The summed E-state index contributed by atoms with van der Waals surface area (Å²) in [6, 6.07) is 8.67. The topological polar surface area (TPSA) is 92.4 Å². The summed E-state index contributed by atoms with van der Waals surface area (Å²) in [5.41, 5.74) is 2.51. The van der Waals surface area contributed by atoms with Crippen molar-refractivity contribution < 1.29 is 23.5 Å². The second-order valence-corrected chi connectivity index (χ2v) is 7.07. The maximum Gasteiger partial charge on any atom is 0.354 e. The number of aromatic amines is 1. The number of carbonyl (C=O) groups is 3. The third-order valence-corrected chi connectivity index (χ3v) is 4.91. The summed E-state index contributed by atoms with van der Waals surface area (Å²) in [6.07, 6.45) is 3.22. The van der Waals surface area contributed by atoms with Crippen LogP contribution in [0.15, 0.2) is 48.8 Å². The van der Waals surface area contributed by atoms with E-state index in [1.165, 1.54) is 36.3 Å². The van der Waals surface area contributed by atoms with Crippen LogP contribution in [0.3, 0.4) is 0 Å². The second-order valence-electron chi connectivity index (χ2n) is 7.07. The Morgan fingerprint density at radius 2 is 1.84 bits per heavy atom. The van der Waals surface area contributed by atoms with E-state index in [2.05, 4.69) is 9.97 Å². The zero-order valence-corrected chi connectivity index (χ0v) is 17.4. The predicted octanol–water partition coefficient (Wildman–Crippen LogP) is 3.48. The van der Waals surface area contributed by atoms with Gasteiger partial charge in [0.2, 0.25) is 0 Å². The van der Waals surface area contributed by atoms with Crippen molar-refractivity contribution in [2.24, 2.45) is 0 Å². The molecule has 0 bridgehead atoms. The minimum Gasteiger partial charge on any atom is -0.464 e. The van der Waals surface area contributed by atoms with Gasteiger partial charge in [0.15, 0.2) is 5.78 Å². The van der Waals surface area contributed by atoms with E-state index in [0.717, 1.165) is 5.56 Å². The SMILES string of the molecule is COC(=O)c1[nH]c(C)c(C(=O)CN(Cc2cccnc2)C(=O)c2ccc(F)cc2)c1C. The van der Waals surface area contributed by atoms with Crippen molar-refractivity contribution in [3.8, 4) is 0 Å². The van der Waals surface area contributed by atoms with Crippen molar-refractivity contribution in [2.75, 3.05) is 13.7 Å². The van der Waals surface area contributed by atoms with Gasteiger partial charge >= 0.3 is 5.97 Å². The number of ketones is 1. The highest BCUT2D eigenvalue weighted by molar-refractivity contribution is 6.05. The Balaban J connectivity index is 1.92. The number of nitrogens with zero attached hydrogens (tertiary/aromatic N) is 2. The largest absolute Gasteiger partial charge is 0.464 e. The van der Waals surface area contributed by atoms with Gasteiger partial charge in [0, 0.05) is 35.8 Å². The fraction of sp³-hybridized carbons (Fsp3) is 0.217. The third kappa shape index (κ3) is 4.85. The van der Waals surface area contributed by atoms with Gasteiger partial charge in [-0.3, -0.25) is 14.6 Å². The molecule has 2 aromatic heterocycles. The molecule has 1 aromatic carbocycles. The molecule has 0 aliphatic heterocycles. The molecule has 2 heterocycles. The highest BCUT2D eigenvalue weighted by Gasteiger charge is 2.26. The van der Waals surface area contributed by atoms with Crippen LogP contribution in [0.25, 0.3) is 0 Å². The Kier molecular flexibility index (Phi) is 6.59. The van der Waals surface area contributed by atoms with E-state index >= 15 is 0 Å². The molecule has 1 N–H and O–H groups in total. The van der Waals surface area contributed by atoms with Gasteiger partial charge in [-0.1, -0.05) is 6.07 Å². The molecule has 160 valence electrons. The molecule has 31 heavy (non-hydrogen) atoms. The molecule has 3 aromatic rings. The van der Waals surface area contributed by atoms with E-state index in [1.807, 2.05) is 0 Å². The summed E-state index contributed by atoms with van der Waals surface area (Å²) in [5.74, 6) is -1.79. The number of carbonyl (C=O) groups excluding carboxylic acids is 3. The molecule has 7 nitrogen and oxygen atoms in total. The summed E-state index contributed by atoms with van der Waals surface area (Å²) in [5, 5.41) is 0. The van der Waals surface area contributed by atoms with Crippen LogP contribution in [-0.4, -0.2) is 46.2 Å². The zero-order valence-electron chi connectivity index (χ0n) is 17.4. The molecule has 0 saturated carbocycles. The number of pyridine rings is 1. The summed E-state index contributed by atoms with van der Waals surface area (Å²) >= 11 is 0. The minimum absolute atomic E-state index is 0.141. The Labute approximate surface area is 178 Å². The van der Waals surface area contributed by atoms with Gasteiger partial charge in [-0.15, -0.1) is 0 Å². The fourth-order valence-corrected chi connectivity index (χ4v) is 3.41. The van der Waals surface area contributed by atoms with Crippen molar-refractivity contribution in [3.63, 3.8) is 0 Å². The van der Waals surface area contributed by atoms with Gasteiger partial charge in [0.25, 0.3) is 5.91 Å². The Hall–Kier alpha value is -3.81. The predicted molar refractivity (Wildman–Crippen MR) is 111 cm³/mol. The quantitative estimate of drug-likeness (QED) is 0.464. The molecule has 3 rings (SSSR count). The number of Topliss-reactive ketones (excluding diaryl/α,β-unsaturated/α-hetero) is 1. The van der Waals surface area contributed by atoms with Crippen molar-refractivity contribution in [1.29, 1.82) is 0 Å². The zero-order chi connectivity index (χ0) is 22.5. The lowest BCUT2D eigenvalue weighted by atomic mass is 10.0. The van der Waals surface area contributed by atoms with Crippen LogP contribution in [-0.2, 0) is 11.3 Å². The molecule has 0 saturated heterocycles. The van der Waals surface area contributed by atoms with Gasteiger partial charge in [-0.2, -0.15) is 0 Å². The Morgan fingerprint density at radius 3 is 2.45 bits per heavy atom. The van der Waals surface area contributed by atoms with E-state index in [4.69, 9.17) is 4.74 Å². The van der Waals surface area contributed by atoms with Crippen LogP contribution >= 0.6 is 0 Å². The number of aromatic nitrogens is 2. The van der Waals surface area contributed by atoms with E-state index in [-0.39, 0.29) is 30.1 Å². The second kappa shape index (κ2) is 9.34. The lowest BCUT2D eigenvalue weighted by Crippen LogP contribution is -2.35. The molecule has 0 aliphatic rings. The van der Waals surface area contributed by atoms with Gasteiger partial charge in [-0.25, -0.2) is 9.18 Å². The fourth-order valence-electron chi connectivity index (χ4n) is 3.41. The van der Waals surface area contributed by atoms with Crippen LogP contribution in [0, 0.1) is 19.7 Å². The van der Waals surface area contributed by atoms with Gasteiger partial charge in [0.1, 0.15) is 11.5 Å². The third-order valence-electron chi connectivity index (χ3n) is 4.91. The maximum absolute atomic E-state index is 13.3. The number of aryl methyl sites for hydroxylation is 1. The smallest absolute Gasteiger partial charge is 0.354 e. The normalized spacial score (nSPS) is 10.6. The number of benzene rings is 1. The highest BCUT2D eigenvalue weighted by atomic mass is 19.1. The monoisotopic (exact) mass is 423 g/mol. The van der Waals surface area contributed by atoms with E-state index in [1.54, 1.807) is 38.4 Å². The molecule has 0 fully saturated rings. The molecular formula is C23H22FN3O4. The standard InChI is InChI=1S/C23H22FN3O4/c1-14-20(15(2)26-21(14)23(30)31-3)19(28)13-27(12-16-5-4-10-25-11-16)22(29)17-6-8-18(24)9-7-17/h4-11,26H,12-13H2,1-3H3. The average molecular weight is 423 g/mol. The summed E-state index contributed by atoms with van der Waals surface area (Å²) in [7, 11) is 1.26. The molecule has 0 unspecified atom stereocenters. The van der Waals surface area contributed by atoms with Gasteiger partial charge < -0.3 is 14.6 Å². The van der Waals surface area contributed by atoms with Crippen LogP contribution < -0.4 is 0 Å². The van der Waals surface area contributed by atoms with Crippen molar-refractivity contribution >= 4 is 17.7 Å². The number of ether oxygens (including phenoxy) is 1. The number of hydrogen-bond acceptors (Lipinski definition) is 5. The van der Waals surface area contributed by atoms with Crippen LogP contribution in [0.4, 0.5) is 4.39 Å². The first-order chi connectivity index (χ1) is 14.8. The van der Waals surface area contributed by atoms with Crippen molar-refractivity contribution in [3.05, 3.63) is 88.3 Å². The summed E-state index contributed by atoms with van der Waals surface area (Å²) < 4.78 is 18.0. The summed E-state index contributed by atoms with van der Waals surface area (Å²) in [4.78, 5) is 46.5. The number of rotatable bonds is 7. The lowest BCUT2D eigenvalue weighted by molar-refractivity contribution is 0.0593. The minimum atomic E-state index is -0.575. The number of halogens is 1. The number of H-pyrrole nitrogens is 1. The highest BCUT2D eigenvalue weighted by Crippen LogP contribution is 2.21. The van der Waals surface area contributed by atoms with Gasteiger partial charge in [-0.05, 0) is 55.3 Å². The first kappa shape index (κ1) is 21.9. The molecule has 8 heteroatoms. The number of esters is 1. The van der Waals surface area contributed by atoms with Gasteiger partial charge in [0.05, 0.1) is 13.7 Å². The van der Waals surface area contributed by atoms with E-state index in [9.17, 15) is 18.8 Å². The molecular weight excluding hydrogens is 401 g/mol. The number of methoxy groups -OCH3 is 1. The van der Waals surface area contributed by atoms with E-state index < -0.39 is 17.7 Å². The maximum atomic E-state index is 13.3. The van der Waals surface area contributed by atoms with Crippen LogP contribution in [0.2, 0.25) is 0 Å². The van der Waals surface area contributed by atoms with Crippen molar-refractivity contribution in [1.82, 2.24) is 14.9 Å². The Bertz CT molecular complexity index is 1110. The van der Waals surface area contributed by atoms with Crippen molar-refractivity contribution in [2.45, 2.75) is 20.4 Å². The van der Waals surface area contributed by atoms with Crippen LogP contribution in [0.1, 0.15) is 48.0 Å². The van der Waals surface area contributed by atoms with E-state index in [0.29, 0.717) is 16.8 Å². The molecule has 0 radical (unpaired) electrons. The first-order valence-corrected chi connectivity index (χ1v) is 9.56. The average Bonchev–Trinajstić information content (AvgIpc) is 3.07. The molecule has 0 aliphatic carbocycles. The summed E-state index contributed by atoms with van der Waals surface area (Å²) in [6.45, 7) is 3.24. The molecule has 1 amide bonds. The number of hydrogen-bond donors (Lipinski definition) is 1. The molecule has 0 spiro atoms.